The molecule has 4 nitrogen and oxygen atoms in total. The van der Waals surface area contributed by atoms with E-state index < -0.39 is 0 Å². The summed E-state index contributed by atoms with van der Waals surface area (Å²) in [5.41, 5.74) is 1.97. The number of fused-ring (bicyclic) bond motifs is 1. The molecule has 30 heavy (non-hydrogen) atoms. The van der Waals surface area contributed by atoms with Crippen molar-refractivity contribution in [1.82, 2.24) is 4.98 Å². The van der Waals surface area contributed by atoms with E-state index in [1.54, 1.807) is 23.9 Å². The summed E-state index contributed by atoms with van der Waals surface area (Å²) in [6.45, 7) is -0.0768. The average molecular weight is 439 g/mol. The largest absolute Gasteiger partial charge is 0.484 e. The minimum Gasteiger partial charge on any atom is -0.484 e. The van der Waals surface area contributed by atoms with Crippen LogP contribution in [0, 0.1) is 5.82 Å². The van der Waals surface area contributed by atoms with Crippen LogP contribution in [0.15, 0.2) is 72.1 Å². The van der Waals surface area contributed by atoms with Crippen molar-refractivity contribution >= 4 is 44.9 Å². The quantitative estimate of drug-likeness (QED) is 0.373. The average Bonchev–Trinajstić information content (AvgIpc) is 3.20. The first kappa shape index (κ1) is 20.4. The normalized spacial score (nSPS) is 10.8. The molecule has 0 aliphatic carbocycles. The smallest absolute Gasteiger partial charge is 0.264 e. The summed E-state index contributed by atoms with van der Waals surface area (Å²) in [4.78, 5) is 16.6. The van der Waals surface area contributed by atoms with Gasteiger partial charge in [0.1, 0.15) is 11.6 Å². The third kappa shape index (κ3) is 5.58. The van der Waals surface area contributed by atoms with E-state index in [2.05, 4.69) is 10.3 Å². The van der Waals surface area contributed by atoms with Crippen LogP contribution in [-0.2, 0) is 16.3 Å². The van der Waals surface area contributed by atoms with Crippen LogP contribution in [0.25, 0.3) is 10.8 Å². The Morgan fingerprint density at radius 2 is 1.83 bits per heavy atom. The Kier molecular flexibility index (Phi) is 6.61. The molecule has 4 rings (SSSR count). The highest BCUT2D eigenvalue weighted by atomic mass is 32.2. The number of carbonyl (C=O) groups is 1. The van der Waals surface area contributed by atoms with Crippen molar-refractivity contribution in [2.24, 2.45) is 0 Å². The first-order valence-corrected chi connectivity index (χ1v) is 11.4. The van der Waals surface area contributed by atoms with Crippen LogP contribution in [0.1, 0.15) is 11.3 Å². The zero-order chi connectivity index (χ0) is 20.8. The van der Waals surface area contributed by atoms with E-state index in [-0.39, 0.29) is 18.3 Å². The van der Waals surface area contributed by atoms with Crippen LogP contribution in [-0.4, -0.2) is 17.5 Å². The lowest BCUT2D eigenvalue weighted by molar-refractivity contribution is -0.118. The highest BCUT2D eigenvalue weighted by Crippen LogP contribution is 2.23. The minimum absolute atomic E-state index is 0.0768. The highest BCUT2D eigenvalue weighted by Gasteiger charge is 2.08. The van der Waals surface area contributed by atoms with Crippen LogP contribution >= 0.6 is 23.1 Å². The molecule has 152 valence electrons. The van der Waals surface area contributed by atoms with E-state index >= 15 is 0 Å². The molecule has 0 bridgehead atoms. The van der Waals surface area contributed by atoms with E-state index in [0.29, 0.717) is 10.9 Å². The first-order chi connectivity index (χ1) is 14.7. The predicted molar refractivity (Wildman–Crippen MR) is 122 cm³/mol. The number of thiazole rings is 1. The molecule has 0 aliphatic heterocycles. The summed E-state index contributed by atoms with van der Waals surface area (Å²) in [6.07, 6.45) is 0. The third-order valence-corrected chi connectivity index (χ3v) is 6.16. The molecule has 1 N–H and O–H groups in total. The Balaban J connectivity index is 1.23. The van der Waals surface area contributed by atoms with E-state index in [0.717, 1.165) is 33.5 Å². The Morgan fingerprint density at radius 3 is 2.67 bits per heavy atom. The molecule has 0 fully saturated rings. The van der Waals surface area contributed by atoms with Crippen molar-refractivity contribution in [3.63, 3.8) is 0 Å². The van der Waals surface area contributed by atoms with Gasteiger partial charge in [-0.05, 0) is 40.6 Å². The monoisotopic (exact) mass is 438 g/mol. The molecule has 7 heteroatoms. The topological polar surface area (TPSA) is 51.2 Å². The van der Waals surface area contributed by atoms with Gasteiger partial charge in [0.2, 0.25) is 0 Å². The minimum atomic E-state index is -0.247. The van der Waals surface area contributed by atoms with E-state index in [9.17, 15) is 9.18 Å². The van der Waals surface area contributed by atoms with Crippen molar-refractivity contribution in [2.45, 2.75) is 11.5 Å². The van der Waals surface area contributed by atoms with Crippen LogP contribution in [0.2, 0.25) is 0 Å². The van der Waals surface area contributed by atoms with Crippen LogP contribution < -0.4 is 10.1 Å². The molecular weight excluding hydrogens is 419 g/mol. The Morgan fingerprint density at radius 1 is 1.03 bits per heavy atom. The maximum absolute atomic E-state index is 12.9. The first-order valence-electron chi connectivity index (χ1n) is 9.34. The number of nitrogens with zero attached hydrogens (tertiary/aromatic N) is 1. The number of anilines is 1. The molecule has 1 heterocycles. The molecule has 0 saturated carbocycles. The summed E-state index contributed by atoms with van der Waals surface area (Å²) in [7, 11) is 0. The lowest BCUT2D eigenvalue weighted by atomic mass is 10.1. The molecule has 3 aromatic carbocycles. The van der Waals surface area contributed by atoms with Gasteiger partial charge in [-0.1, -0.05) is 42.5 Å². The van der Waals surface area contributed by atoms with Gasteiger partial charge in [0, 0.05) is 16.9 Å². The predicted octanol–water partition coefficient (Wildman–Crippen LogP) is 5.89. The Labute approximate surface area is 182 Å². The molecule has 0 atom stereocenters. The molecule has 0 saturated heterocycles. The van der Waals surface area contributed by atoms with Gasteiger partial charge in [-0.2, -0.15) is 11.8 Å². The number of amides is 1. The van der Waals surface area contributed by atoms with Crippen LogP contribution in [0.3, 0.4) is 0 Å². The highest BCUT2D eigenvalue weighted by molar-refractivity contribution is 7.97. The second-order valence-electron chi connectivity index (χ2n) is 6.61. The zero-order valence-electron chi connectivity index (χ0n) is 16.0. The third-order valence-electron chi connectivity index (χ3n) is 4.32. The van der Waals surface area contributed by atoms with Gasteiger partial charge in [0.15, 0.2) is 11.7 Å². The summed E-state index contributed by atoms with van der Waals surface area (Å²) >= 11 is 3.08. The molecule has 4 aromatic rings. The number of ether oxygens (including phenoxy) is 1. The number of rotatable bonds is 8. The standard InChI is InChI=1S/C23H19FN2O2S2/c24-19-8-5-16(6-9-19)13-29-14-20-15-30-23(25-20)26-22(27)12-28-21-10-7-17-3-1-2-4-18(17)11-21/h1-11,15H,12-14H2,(H,25,26,27). The molecule has 0 unspecified atom stereocenters. The fraction of sp³-hybridized carbons (Fsp3) is 0.130. The molecule has 1 aromatic heterocycles. The summed E-state index contributed by atoms with van der Waals surface area (Å²) in [5.74, 6) is 1.67. The lowest BCUT2D eigenvalue weighted by Gasteiger charge is -2.07. The molecule has 0 spiro atoms. The van der Waals surface area contributed by atoms with Crippen LogP contribution in [0.4, 0.5) is 9.52 Å². The Hall–Kier alpha value is -2.90. The number of thioether (sulfide) groups is 1. The fourth-order valence-electron chi connectivity index (χ4n) is 2.85. The molecule has 1 amide bonds. The van der Waals surface area contributed by atoms with Gasteiger partial charge in [-0.25, -0.2) is 9.37 Å². The van der Waals surface area contributed by atoms with Crippen LogP contribution in [0.5, 0.6) is 5.75 Å². The Bertz CT molecular complexity index is 1150. The molecular formula is C23H19FN2O2S2. The van der Waals surface area contributed by atoms with Gasteiger partial charge in [0.25, 0.3) is 5.91 Å². The number of aromatic nitrogens is 1. The van der Waals surface area contributed by atoms with Gasteiger partial charge >= 0.3 is 0 Å². The number of nitrogens with one attached hydrogen (secondary N) is 1. The number of hydrogen-bond acceptors (Lipinski definition) is 5. The van der Waals surface area contributed by atoms with Crippen molar-refractivity contribution < 1.29 is 13.9 Å². The second kappa shape index (κ2) is 9.73. The zero-order valence-corrected chi connectivity index (χ0v) is 17.6. The molecule has 0 aliphatic rings. The number of hydrogen-bond donors (Lipinski definition) is 1. The molecule has 0 radical (unpaired) electrons. The summed E-state index contributed by atoms with van der Waals surface area (Å²) < 4.78 is 18.5. The van der Waals surface area contributed by atoms with E-state index in [1.807, 2.05) is 47.8 Å². The van der Waals surface area contributed by atoms with E-state index in [4.69, 9.17) is 4.74 Å². The lowest BCUT2D eigenvalue weighted by Crippen LogP contribution is -2.20. The number of carbonyl (C=O) groups excluding carboxylic acids is 1. The van der Waals surface area contributed by atoms with E-state index in [1.165, 1.54) is 23.5 Å². The summed E-state index contributed by atoms with van der Waals surface area (Å²) in [5, 5.41) is 7.45. The van der Waals surface area contributed by atoms with Crippen molar-refractivity contribution in [1.29, 1.82) is 0 Å². The number of halogens is 1. The van der Waals surface area contributed by atoms with Crippen molar-refractivity contribution in [2.75, 3.05) is 11.9 Å². The summed E-state index contributed by atoms with van der Waals surface area (Å²) in [6, 6.07) is 20.2. The second-order valence-corrected chi connectivity index (χ2v) is 8.45. The fourth-order valence-corrected chi connectivity index (χ4v) is 4.57. The maximum Gasteiger partial charge on any atom is 0.264 e. The van der Waals surface area contributed by atoms with Crippen molar-refractivity contribution in [3.8, 4) is 5.75 Å². The van der Waals surface area contributed by atoms with Gasteiger partial charge in [-0.15, -0.1) is 11.3 Å². The van der Waals surface area contributed by atoms with Crippen molar-refractivity contribution in [3.05, 3.63) is 89.2 Å². The number of benzene rings is 3. The maximum atomic E-state index is 12.9. The van der Waals surface area contributed by atoms with Gasteiger partial charge < -0.3 is 4.74 Å². The SMILES string of the molecule is O=C(COc1ccc2ccccc2c1)Nc1nc(CSCc2ccc(F)cc2)cs1. The van der Waals surface area contributed by atoms with Gasteiger partial charge in [-0.3, -0.25) is 10.1 Å². The van der Waals surface area contributed by atoms with Gasteiger partial charge in [0.05, 0.1) is 5.69 Å².